The van der Waals surface area contributed by atoms with E-state index in [2.05, 4.69) is 10.2 Å². The summed E-state index contributed by atoms with van der Waals surface area (Å²) in [5.74, 6) is -0.486. The first kappa shape index (κ1) is 17.6. The van der Waals surface area contributed by atoms with Gasteiger partial charge in [0.1, 0.15) is 0 Å². The molecule has 6 nitrogen and oxygen atoms in total. The van der Waals surface area contributed by atoms with E-state index in [0.717, 1.165) is 21.5 Å². The Morgan fingerprint density at radius 3 is 2.78 bits per heavy atom. The van der Waals surface area contributed by atoms with Gasteiger partial charge < -0.3 is 4.74 Å². The number of nitrogens with zero attached hydrogens (tertiary/aromatic N) is 4. The number of hydrogen-bond donors (Lipinski definition) is 0. The monoisotopic (exact) mass is 396 g/mol. The predicted octanol–water partition coefficient (Wildman–Crippen LogP) is 4.24. The predicted molar refractivity (Wildman–Crippen MR) is 107 cm³/mol. The van der Waals surface area contributed by atoms with Gasteiger partial charge in [0.15, 0.2) is 5.69 Å². The van der Waals surface area contributed by atoms with E-state index in [1.807, 2.05) is 48.0 Å². The van der Waals surface area contributed by atoms with Gasteiger partial charge in [-0.2, -0.15) is 10.2 Å². The van der Waals surface area contributed by atoms with Gasteiger partial charge >= 0.3 is 5.97 Å². The summed E-state index contributed by atoms with van der Waals surface area (Å²) in [4.78, 5) is 12.2. The average Bonchev–Trinajstić information content (AvgIpc) is 3.37. The molecule has 8 heteroatoms. The van der Waals surface area contributed by atoms with Gasteiger partial charge in [-0.15, -0.1) is 11.3 Å². The smallest absolute Gasteiger partial charge is 0.360 e. The first-order chi connectivity index (χ1) is 13.2. The quantitative estimate of drug-likeness (QED) is 0.373. The van der Waals surface area contributed by atoms with E-state index >= 15 is 0 Å². The highest BCUT2D eigenvalue weighted by Gasteiger charge is 2.17. The number of benzene rings is 1. The largest absolute Gasteiger partial charge is 0.461 e. The first-order valence-electron chi connectivity index (χ1n) is 8.42. The Hall–Kier alpha value is -2.84. The summed E-state index contributed by atoms with van der Waals surface area (Å²) in [5.41, 5.74) is 3.14. The van der Waals surface area contributed by atoms with E-state index in [9.17, 15) is 4.79 Å². The maximum Gasteiger partial charge on any atom is 0.360 e. The van der Waals surface area contributed by atoms with Crippen LogP contribution >= 0.6 is 23.6 Å². The van der Waals surface area contributed by atoms with Crippen LogP contribution in [-0.4, -0.2) is 32.1 Å². The van der Waals surface area contributed by atoms with Crippen LogP contribution in [0.25, 0.3) is 15.9 Å². The Labute approximate surface area is 164 Å². The second kappa shape index (κ2) is 7.42. The van der Waals surface area contributed by atoms with Gasteiger partial charge in [-0.25, -0.2) is 9.48 Å². The van der Waals surface area contributed by atoms with Crippen LogP contribution in [0.3, 0.4) is 0 Å². The Morgan fingerprint density at radius 1 is 1.26 bits per heavy atom. The van der Waals surface area contributed by atoms with Crippen LogP contribution in [0.15, 0.2) is 54.2 Å². The summed E-state index contributed by atoms with van der Waals surface area (Å²) < 4.78 is 10.0. The van der Waals surface area contributed by atoms with E-state index in [1.54, 1.807) is 22.5 Å². The van der Waals surface area contributed by atoms with Gasteiger partial charge in [-0.05, 0) is 42.1 Å². The molecule has 0 aliphatic carbocycles. The molecule has 4 rings (SSSR count). The van der Waals surface area contributed by atoms with Crippen LogP contribution in [0.2, 0.25) is 0 Å². The number of carbonyl (C=O) groups is 1. The number of thiophene rings is 1. The molecule has 0 saturated heterocycles. The topological polar surface area (TPSA) is 61.9 Å². The van der Waals surface area contributed by atoms with Gasteiger partial charge in [0.05, 0.1) is 33.6 Å². The average molecular weight is 396 g/mol. The Bertz CT molecular complexity index is 1140. The summed E-state index contributed by atoms with van der Waals surface area (Å²) in [6, 6.07) is 11.9. The maximum atomic E-state index is 12.2. The molecule has 3 aromatic heterocycles. The van der Waals surface area contributed by atoms with Crippen molar-refractivity contribution in [2.75, 3.05) is 6.61 Å². The highest BCUT2D eigenvalue weighted by atomic mass is 32.1. The van der Waals surface area contributed by atoms with E-state index in [1.165, 1.54) is 11.3 Å². The van der Waals surface area contributed by atoms with E-state index in [-0.39, 0.29) is 12.3 Å². The van der Waals surface area contributed by atoms with Crippen LogP contribution in [0.5, 0.6) is 0 Å². The van der Waals surface area contributed by atoms with Crippen LogP contribution in [0.1, 0.15) is 23.0 Å². The second-order valence-electron chi connectivity index (χ2n) is 5.81. The standard InChI is InChI=1S/C19H16N4O2S2/c1-2-25-19(24)16-17(26)18-15(8-11-27-18)23(21-16)12-13-4-6-14(7-5-13)22-10-3-9-20-22/h3-11H,2,12H2,1H3. The fourth-order valence-corrected chi connectivity index (χ4v) is 4.01. The molecule has 27 heavy (non-hydrogen) atoms. The van der Waals surface area contributed by atoms with Crippen LogP contribution < -0.4 is 0 Å². The molecule has 0 spiro atoms. The zero-order chi connectivity index (χ0) is 18.8. The van der Waals surface area contributed by atoms with Crippen molar-refractivity contribution >= 4 is 39.7 Å². The zero-order valence-electron chi connectivity index (χ0n) is 14.5. The molecule has 0 amide bonds. The molecule has 0 aliphatic rings. The minimum atomic E-state index is -0.486. The Kier molecular flexibility index (Phi) is 4.83. The number of hydrogen-bond acceptors (Lipinski definition) is 6. The minimum Gasteiger partial charge on any atom is -0.461 e. The number of ether oxygens (including phenoxy) is 1. The molecule has 0 radical (unpaired) electrons. The number of esters is 1. The number of rotatable bonds is 5. The molecule has 3 heterocycles. The zero-order valence-corrected chi connectivity index (χ0v) is 16.2. The summed E-state index contributed by atoms with van der Waals surface area (Å²) in [5, 5.41) is 10.7. The lowest BCUT2D eigenvalue weighted by atomic mass is 10.2. The number of fused-ring (bicyclic) bond motifs is 1. The number of carbonyl (C=O) groups excluding carboxylic acids is 1. The van der Waals surface area contributed by atoms with Crippen molar-refractivity contribution in [3.8, 4) is 5.69 Å². The van der Waals surface area contributed by atoms with Crippen molar-refractivity contribution in [3.63, 3.8) is 0 Å². The van der Waals surface area contributed by atoms with Crippen molar-refractivity contribution in [1.82, 2.24) is 19.6 Å². The molecule has 0 unspecified atom stereocenters. The first-order valence-corrected chi connectivity index (χ1v) is 9.70. The third-order valence-corrected chi connectivity index (χ3v) is 5.52. The van der Waals surface area contributed by atoms with E-state index in [0.29, 0.717) is 11.1 Å². The Balaban J connectivity index is 1.71. The highest BCUT2D eigenvalue weighted by molar-refractivity contribution is 7.72. The lowest BCUT2D eigenvalue weighted by Gasteiger charge is -2.11. The lowest BCUT2D eigenvalue weighted by molar-refractivity contribution is 0.0516. The third kappa shape index (κ3) is 3.41. The van der Waals surface area contributed by atoms with Crippen molar-refractivity contribution in [2.24, 2.45) is 0 Å². The van der Waals surface area contributed by atoms with Gasteiger partial charge in [0.25, 0.3) is 0 Å². The van der Waals surface area contributed by atoms with Crippen LogP contribution in [0, 0.1) is 4.51 Å². The lowest BCUT2D eigenvalue weighted by Crippen LogP contribution is -2.15. The molecule has 0 atom stereocenters. The van der Waals surface area contributed by atoms with E-state index < -0.39 is 5.97 Å². The SMILES string of the molecule is CCOC(=O)c1nn(Cc2ccc(-n3cccn3)cc2)c2ccsc2c1=S. The van der Waals surface area contributed by atoms with Gasteiger partial charge in [0, 0.05) is 12.4 Å². The third-order valence-electron chi connectivity index (χ3n) is 4.07. The van der Waals surface area contributed by atoms with E-state index in [4.69, 9.17) is 17.0 Å². The molecule has 136 valence electrons. The summed E-state index contributed by atoms with van der Waals surface area (Å²) in [6.45, 7) is 2.57. The summed E-state index contributed by atoms with van der Waals surface area (Å²) >= 11 is 6.95. The fraction of sp³-hybridized carbons (Fsp3) is 0.158. The van der Waals surface area contributed by atoms with Crippen LogP contribution in [0.4, 0.5) is 0 Å². The van der Waals surface area contributed by atoms with Crippen LogP contribution in [-0.2, 0) is 11.3 Å². The summed E-state index contributed by atoms with van der Waals surface area (Å²) in [7, 11) is 0. The molecule has 0 fully saturated rings. The number of aromatic nitrogens is 4. The van der Waals surface area contributed by atoms with Gasteiger partial charge in [-0.1, -0.05) is 24.4 Å². The molecule has 0 bridgehead atoms. The molecule has 0 N–H and O–H groups in total. The Morgan fingerprint density at radius 2 is 2.07 bits per heavy atom. The van der Waals surface area contributed by atoms with Crippen molar-refractivity contribution < 1.29 is 9.53 Å². The molecule has 0 saturated carbocycles. The molecular formula is C19H16N4O2S2. The highest BCUT2D eigenvalue weighted by Crippen LogP contribution is 2.24. The van der Waals surface area contributed by atoms with Gasteiger partial charge in [-0.3, -0.25) is 4.68 Å². The molecule has 1 aromatic carbocycles. The fourth-order valence-electron chi connectivity index (χ4n) is 2.81. The molecular weight excluding hydrogens is 380 g/mol. The van der Waals surface area contributed by atoms with Crippen molar-refractivity contribution in [3.05, 3.63) is 69.9 Å². The van der Waals surface area contributed by atoms with Gasteiger partial charge in [0.2, 0.25) is 0 Å². The second-order valence-corrected chi connectivity index (χ2v) is 7.13. The van der Waals surface area contributed by atoms with Crippen molar-refractivity contribution in [1.29, 1.82) is 0 Å². The maximum absolute atomic E-state index is 12.2. The molecule has 4 aromatic rings. The minimum absolute atomic E-state index is 0.190. The normalized spacial score (nSPS) is 11.0. The summed E-state index contributed by atoms with van der Waals surface area (Å²) in [6.07, 6.45) is 3.64. The molecule has 0 aliphatic heterocycles. The van der Waals surface area contributed by atoms with Crippen molar-refractivity contribution in [2.45, 2.75) is 13.5 Å².